The van der Waals surface area contributed by atoms with Crippen molar-refractivity contribution in [1.29, 1.82) is 0 Å². The van der Waals surface area contributed by atoms with Gasteiger partial charge in [0.25, 0.3) is 0 Å². The molecule has 4 rings (SSSR count). The summed E-state index contributed by atoms with van der Waals surface area (Å²) in [6, 6.07) is 0. The molecule has 0 saturated heterocycles. The number of ether oxygens (including phenoxy) is 1. The predicted octanol–water partition coefficient (Wildman–Crippen LogP) is 4.61. The van der Waals surface area contributed by atoms with Crippen LogP contribution >= 0.6 is 0 Å². The summed E-state index contributed by atoms with van der Waals surface area (Å²) < 4.78 is 5.30. The second kappa shape index (κ2) is 6.88. The fourth-order valence-corrected chi connectivity index (χ4v) is 8.14. The Morgan fingerprint density at radius 2 is 1.81 bits per heavy atom. The van der Waals surface area contributed by atoms with Gasteiger partial charge in [-0.3, -0.25) is 4.79 Å². The van der Waals surface area contributed by atoms with Gasteiger partial charge in [0.2, 0.25) is 0 Å². The van der Waals surface area contributed by atoms with Crippen molar-refractivity contribution in [1.82, 2.24) is 0 Å². The molecule has 26 heavy (non-hydrogen) atoms. The Labute approximate surface area is 159 Å². The third-order valence-corrected chi connectivity index (χ3v) is 9.25. The molecule has 0 unspecified atom stereocenters. The van der Waals surface area contributed by atoms with Crippen LogP contribution in [0.15, 0.2) is 0 Å². The van der Waals surface area contributed by atoms with Crippen LogP contribution in [-0.4, -0.2) is 30.2 Å². The number of hydrogen-bond acceptors (Lipinski definition) is 3. The lowest BCUT2D eigenvalue weighted by molar-refractivity contribution is -0.136. The Morgan fingerprint density at radius 1 is 1.04 bits per heavy atom. The molecule has 4 saturated carbocycles. The fraction of sp³-hybridized carbons (Fsp3) is 0.957. The molecule has 0 bridgehead atoms. The van der Waals surface area contributed by atoms with Crippen LogP contribution in [0.1, 0.15) is 78.1 Å². The zero-order chi connectivity index (χ0) is 18.5. The lowest BCUT2D eigenvalue weighted by Crippen LogP contribution is -2.52. The van der Waals surface area contributed by atoms with E-state index in [2.05, 4.69) is 6.92 Å². The van der Waals surface area contributed by atoms with Crippen LogP contribution in [0.5, 0.6) is 0 Å². The van der Waals surface area contributed by atoms with Crippen molar-refractivity contribution in [3.63, 3.8) is 0 Å². The minimum Gasteiger partial charge on any atom is -0.387 e. The molecule has 3 nitrogen and oxygen atoms in total. The maximum absolute atomic E-state index is 12.6. The largest absolute Gasteiger partial charge is 0.387 e. The summed E-state index contributed by atoms with van der Waals surface area (Å²) >= 11 is 0. The van der Waals surface area contributed by atoms with Gasteiger partial charge in [0, 0.05) is 19.4 Å². The molecule has 0 amide bonds. The number of carbonyl (C=O) groups excluding carboxylic acids is 1. The first-order valence-corrected chi connectivity index (χ1v) is 11.2. The molecular formula is C23H38O3. The average Bonchev–Trinajstić information content (AvgIpc) is 2.98. The molecule has 4 aliphatic carbocycles. The number of rotatable bonds is 4. The Balaban J connectivity index is 1.50. The molecular weight excluding hydrogens is 324 g/mol. The Bertz CT molecular complexity index is 546. The van der Waals surface area contributed by atoms with Gasteiger partial charge in [-0.25, -0.2) is 0 Å². The van der Waals surface area contributed by atoms with E-state index >= 15 is 0 Å². The highest BCUT2D eigenvalue weighted by molar-refractivity contribution is 5.81. The van der Waals surface area contributed by atoms with Gasteiger partial charge in [0.15, 0.2) is 0 Å². The van der Waals surface area contributed by atoms with Crippen molar-refractivity contribution in [2.45, 2.75) is 83.7 Å². The molecule has 0 heterocycles. The molecule has 0 spiro atoms. The quantitative estimate of drug-likeness (QED) is 0.794. The average molecular weight is 363 g/mol. The normalized spacial score (nSPS) is 50.6. The molecule has 8 atom stereocenters. The molecule has 0 aliphatic heterocycles. The first kappa shape index (κ1) is 18.9. The van der Waals surface area contributed by atoms with Gasteiger partial charge in [0.1, 0.15) is 5.78 Å². The van der Waals surface area contributed by atoms with E-state index in [9.17, 15) is 9.90 Å². The zero-order valence-electron chi connectivity index (χ0n) is 17.0. The molecule has 0 aromatic heterocycles. The monoisotopic (exact) mass is 362 g/mol. The lowest BCUT2D eigenvalue weighted by Gasteiger charge is -2.57. The van der Waals surface area contributed by atoms with E-state index in [1.807, 2.05) is 6.92 Å². The van der Waals surface area contributed by atoms with Gasteiger partial charge in [-0.15, -0.1) is 0 Å². The van der Waals surface area contributed by atoms with Crippen molar-refractivity contribution in [2.75, 3.05) is 13.7 Å². The Hall–Kier alpha value is -0.410. The van der Waals surface area contributed by atoms with Gasteiger partial charge in [-0.2, -0.15) is 0 Å². The van der Waals surface area contributed by atoms with Crippen molar-refractivity contribution in [3.8, 4) is 0 Å². The minimum absolute atomic E-state index is 0.270. The smallest absolute Gasteiger partial charge is 0.136 e. The standard InChI is InChI=1S/C23H38O3/c1-4-21(24)20-8-7-19-18-6-5-15-13-23(25,14-26-3)12-10-16(15)17(18)9-11-22(19,20)2/h15-20,25H,4-14H2,1-3H3/t15-,16-,17+,18+,19-,20+,22-,23+/m0/s1. The number of fused-ring (bicyclic) bond motifs is 5. The fourth-order valence-electron chi connectivity index (χ4n) is 8.14. The van der Waals surface area contributed by atoms with Crippen LogP contribution in [0.2, 0.25) is 0 Å². The zero-order valence-corrected chi connectivity index (χ0v) is 17.0. The summed E-state index contributed by atoms with van der Waals surface area (Å²) in [6.45, 7) is 4.98. The van der Waals surface area contributed by atoms with Gasteiger partial charge >= 0.3 is 0 Å². The summed E-state index contributed by atoms with van der Waals surface area (Å²) in [6.07, 6.45) is 11.3. The van der Waals surface area contributed by atoms with E-state index in [1.165, 1.54) is 38.5 Å². The summed E-state index contributed by atoms with van der Waals surface area (Å²) in [7, 11) is 1.71. The third-order valence-electron chi connectivity index (χ3n) is 9.25. The summed E-state index contributed by atoms with van der Waals surface area (Å²) in [5, 5.41) is 10.9. The summed E-state index contributed by atoms with van der Waals surface area (Å²) in [5.74, 6) is 4.77. The minimum atomic E-state index is -0.585. The number of carbonyl (C=O) groups is 1. The van der Waals surface area contributed by atoms with Crippen molar-refractivity contribution < 1.29 is 14.6 Å². The molecule has 4 aliphatic rings. The first-order valence-electron chi connectivity index (χ1n) is 11.2. The van der Waals surface area contributed by atoms with E-state index in [-0.39, 0.29) is 5.41 Å². The van der Waals surface area contributed by atoms with Crippen molar-refractivity contribution in [2.24, 2.45) is 40.9 Å². The van der Waals surface area contributed by atoms with Crippen LogP contribution in [0.3, 0.4) is 0 Å². The van der Waals surface area contributed by atoms with Gasteiger partial charge in [0.05, 0.1) is 12.2 Å². The molecule has 1 N–H and O–H groups in total. The SMILES string of the molecule is CCC(=O)[C@H]1CC[C@H]2[C@@H]3CC[C@H]4C[C@@](O)(COC)CC[C@@H]4[C@H]3CC[C@]12C. The van der Waals surface area contributed by atoms with Crippen molar-refractivity contribution >= 4 is 5.78 Å². The van der Waals surface area contributed by atoms with Crippen LogP contribution in [0, 0.1) is 40.9 Å². The highest BCUT2D eigenvalue weighted by Gasteiger charge is 2.58. The molecule has 3 heteroatoms. The molecule has 0 aromatic carbocycles. The first-order chi connectivity index (χ1) is 12.4. The van der Waals surface area contributed by atoms with Gasteiger partial charge in [-0.05, 0) is 92.8 Å². The topological polar surface area (TPSA) is 46.5 Å². The third kappa shape index (κ3) is 2.89. The number of Topliss-reactive ketones (excluding diaryl/α,β-unsaturated/α-hetero) is 1. The van der Waals surface area contributed by atoms with Crippen LogP contribution < -0.4 is 0 Å². The van der Waals surface area contributed by atoms with Gasteiger partial charge in [-0.1, -0.05) is 13.8 Å². The molecule has 0 radical (unpaired) electrons. The predicted molar refractivity (Wildman–Crippen MR) is 103 cm³/mol. The Kier molecular flexibility index (Phi) is 5.01. The van der Waals surface area contributed by atoms with E-state index in [0.29, 0.717) is 30.6 Å². The second-order valence-electron chi connectivity index (χ2n) is 10.3. The highest BCUT2D eigenvalue weighted by atomic mass is 16.5. The van der Waals surface area contributed by atoms with Crippen LogP contribution in [0.4, 0.5) is 0 Å². The summed E-state index contributed by atoms with van der Waals surface area (Å²) in [4.78, 5) is 12.6. The maximum Gasteiger partial charge on any atom is 0.136 e. The van der Waals surface area contributed by atoms with Gasteiger partial charge < -0.3 is 9.84 Å². The summed E-state index contributed by atoms with van der Waals surface area (Å²) in [5.41, 5.74) is -0.315. The molecule has 4 fully saturated rings. The Morgan fingerprint density at radius 3 is 2.54 bits per heavy atom. The number of aliphatic hydroxyl groups is 1. The molecule has 0 aromatic rings. The second-order valence-corrected chi connectivity index (χ2v) is 10.3. The van der Waals surface area contributed by atoms with Crippen molar-refractivity contribution in [3.05, 3.63) is 0 Å². The maximum atomic E-state index is 12.6. The molecule has 148 valence electrons. The number of ketones is 1. The number of methoxy groups -OCH3 is 1. The van der Waals surface area contributed by atoms with Crippen LogP contribution in [-0.2, 0) is 9.53 Å². The van der Waals surface area contributed by atoms with E-state index < -0.39 is 5.60 Å². The van der Waals surface area contributed by atoms with E-state index in [4.69, 9.17) is 4.74 Å². The van der Waals surface area contributed by atoms with E-state index in [1.54, 1.807) is 7.11 Å². The number of hydrogen-bond donors (Lipinski definition) is 1. The lowest BCUT2D eigenvalue weighted by atomic mass is 9.49. The highest BCUT2D eigenvalue weighted by Crippen LogP contribution is 2.64. The van der Waals surface area contributed by atoms with Crippen LogP contribution in [0.25, 0.3) is 0 Å². The van der Waals surface area contributed by atoms with E-state index in [0.717, 1.165) is 42.9 Å².